The lowest BCUT2D eigenvalue weighted by Crippen LogP contribution is -2.55. The molecule has 0 aromatic carbocycles. The first kappa shape index (κ1) is 12.9. The molecule has 0 aliphatic heterocycles. The number of rotatable bonds is 3. The Bertz CT molecular complexity index is 273. The van der Waals surface area contributed by atoms with E-state index in [-0.39, 0.29) is 0 Å². The predicted molar refractivity (Wildman–Crippen MR) is 68.0 cm³/mol. The van der Waals surface area contributed by atoms with Gasteiger partial charge in [0.15, 0.2) is 0 Å². The van der Waals surface area contributed by atoms with Crippen LogP contribution in [0.2, 0.25) is 0 Å². The molecule has 17 heavy (non-hydrogen) atoms. The maximum Gasteiger partial charge on any atom is 0.323 e. The summed E-state index contributed by atoms with van der Waals surface area (Å²) in [5.74, 6) is 0.0557. The molecular weight excluding hydrogens is 214 g/mol. The lowest BCUT2D eigenvalue weighted by atomic mass is 9.88. The second-order valence-electron chi connectivity index (χ2n) is 6.05. The molecule has 0 aromatic heterocycles. The Morgan fingerprint density at radius 1 is 1.12 bits per heavy atom. The molecule has 2 saturated carbocycles. The molecule has 3 nitrogen and oxygen atoms in total. The van der Waals surface area contributed by atoms with Crippen LogP contribution in [0.15, 0.2) is 0 Å². The third-order valence-corrected chi connectivity index (χ3v) is 4.61. The van der Waals surface area contributed by atoms with Gasteiger partial charge in [-0.2, -0.15) is 0 Å². The van der Waals surface area contributed by atoms with Crippen molar-refractivity contribution in [1.29, 1.82) is 0 Å². The minimum atomic E-state index is -0.626. The van der Waals surface area contributed by atoms with Gasteiger partial charge in [-0.1, -0.05) is 32.6 Å². The second-order valence-corrected chi connectivity index (χ2v) is 6.05. The smallest absolute Gasteiger partial charge is 0.323 e. The molecule has 0 bridgehead atoms. The average molecular weight is 239 g/mol. The maximum atomic E-state index is 11.7. The highest BCUT2D eigenvalue weighted by molar-refractivity contribution is 5.78. The molecule has 0 heterocycles. The summed E-state index contributed by atoms with van der Waals surface area (Å²) in [5.41, 5.74) is -0.625. The Morgan fingerprint density at radius 2 is 1.82 bits per heavy atom. The topological polar surface area (TPSA) is 49.3 Å². The average Bonchev–Trinajstić information content (AvgIpc) is 2.70. The molecule has 0 radical (unpaired) electrons. The van der Waals surface area contributed by atoms with Crippen LogP contribution in [0, 0.1) is 5.92 Å². The minimum absolute atomic E-state index is 0.444. The SMILES string of the molecule is CC1CCCC(NC2CCCC2)(C(=O)O)CC1. The Hall–Kier alpha value is -0.570. The van der Waals surface area contributed by atoms with E-state index in [0.29, 0.717) is 12.0 Å². The van der Waals surface area contributed by atoms with E-state index in [1.807, 2.05) is 0 Å². The van der Waals surface area contributed by atoms with Crippen LogP contribution in [0.3, 0.4) is 0 Å². The number of hydrogen-bond donors (Lipinski definition) is 2. The van der Waals surface area contributed by atoms with E-state index in [4.69, 9.17) is 0 Å². The molecule has 0 amide bonds. The maximum absolute atomic E-state index is 11.7. The molecule has 3 heteroatoms. The van der Waals surface area contributed by atoms with Crippen LogP contribution in [0.1, 0.15) is 64.7 Å². The minimum Gasteiger partial charge on any atom is -0.480 e. The zero-order valence-electron chi connectivity index (χ0n) is 10.9. The van der Waals surface area contributed by atoms with Gasteiger partial charge in [-0.15, -0.1) is 0 Å². The van der Waals surface area contributed by atoms with Crippen molar-refractivity contribution >= 4 is 5.97 Å². The molecule has 2 aliphatic carbocycles. The van der Waals surface area contributed by atoms with Gasteiger partial charge in [0.05, 0.1) is 0 Å². The summed E-state index contributed by atoms with van der Waals surface area (Å²) in [7, 11) is 0. The predicted octanol–water partition coefficient (Wildman–Crippen LogP) is 2.94. The normalized spacial score (nSPS) is 35.7. The molecule has 2 fully saturated rings. The highest BCUT2D eigenvalue weighted by atomic mass is 16.4. The van der Waals surface area contributed by atoms with Gasteiger partial charge in [-0.3, -0.25) is 10.1 Å². The Kier molecular flexibility index (Phi) is 4.08. The number of carboxylic acid groups (broad SMARTS) is 1. The number of hydrogen-bond acceptors (Lipinski definition) is 2. The lowest BCUT2D eigenvalue weighted by Gasteiger charge is -2.32. The molecule has 2 atom stereocenters. The molecule has 0 spiro atoms. The summed E-state index contributed by atoms with van der Waals surface area (Å²) in [4.78, 5) is 11.7. The third-order valence-electron chi connectivity index (χ3n) is 4.61. The third kappa shape index (κ3) is 3.01. The largest absolute Gasteiger partial charge is 0.480 e. The van der Waals surface area contributed by atoms with E-state index >= 15 is 0 Å². The number of carbonyl (C=O) groups is 1. The molecule has 98 valence electrons. The Morgan fingerprint density at radius 3 is 2.47 bits per heavy atom. The van der Waals surface area contributed by atoms with Gasteiger partial charge < -0.3 is 5.11 Å². The molecule has 2 N–H and O–H groups in total. The Labute approximate surface area is 104 Å². The van der Waals surface area contributed by atoms with E-state index in [9.17, 15) is 9.90 Å². The highest BCUT2D eigenvalue weighted by Crippen LogP contribution is 2.32. The number of nitrogens with one attached hydrogen (secondary N) is 1. The van der Waals surface area contributed by atoms with Gasteiger partial charge in [0.2, 0.25) is 0 Å². The monoisotopic (exact) mass is 239 g/mol. The van der Waals surface area contributed by atoms with Crippen molar-refractivity contribution in [3.63, 3.8) is 0 Å². The van der Waals surface area contributed by atoms with E-state index in [0.717, 1.165) is 38.5 Å². The summed E-state index contributed by atoms with van der Waals surface area (Å²) >= 11 is 0. The van der Waals surface area contributed by atoms with Gasteiger partial charge in [0, 0.05) is 6.04 Å². The van der Waals surface area contributed by atoms with E-state index in [1.165, 1.54) is 19.3 Å². The van der Waals surface area contributed by atoms with Gasteiger partial charge in [-0.05, 0) is 38.0 Å². The summed E-state index contributed by atoms with van der Waals surface area (Å²) in [6.07, 6.45) is 9.71. The van der Waals surface area contributed by atoms with Crippen LogP contribution >= 0.6 is 0 Å². The summed E-state index contributed by atoms with van der Waals surface area (Å²) in [5, 5.41) is 13.1. The molecule has 2 unspecified atom stereocenters. The number of aliphatic carboxylic acids is 1. The zero-order valence-corrected chi connectivity index (χ0v) is 10.9. The van der Waals surface area contributed by atoms with Crippen LogP contribution in [0.25, 0.3) is 0 Å². The zero-order chi connectivity index (χ0) is 12.3. The summed E-state index contributed by atoms with van der Waals surface area (Å²) in [6.45, 7) is 2.24. The van der Waals surface area contributed by atoms with E-state index in [1.54, 1.807) is 0 Å². The van der Waals surface area contributed by atoms with Crippen LogP contribution in [-0.2, 0) is 4.79 Å². The van der Waals surface area contributed by atoms with Crippen molar-refractivity contribution in [3.05, 3.63) is 0 Å². The second kappa shape index (κ2) is 5.38. The first-order valence-electron chi connectivity index (χ1n) is 7.13. The van der Waals surface area contributed by atoms with Crippen LogP contribution in [0.5, 0.6) is 0 Å². The van der Waals surface area contributed by atoms with Crippen LogP contribution < -0.4 is 5.32 Å². The molecule has 2 rings (SSSR count). The van der Waals surface area contributed by atoms with E-state index in [2.05, 4.69) is 12.2 Å². The van der Waals surface area contributed by atoms with Crippen molar-refractivity contribution in [2.24, 2.45) is 5.92 Å². The van der Waals surface area contributed by atoms with Gasteiger partial charge in [0.1, 0.15) is 5.54 Å². The van der Waals surface area contributed by atoms with Crippen molar-refractivity contribution in [2.45, 2.75) is 76.3 Å². The summed E-state index contributed by atoms with van der Waals surface area (Å²) in [6, 6.07) is 0.444. The fourth-order valence-electron chi connectivity index (χ4n) is 3.40. The first-order valence-corrected chi connectivity index (χ1v) is 7.13. The fourth-order valence-corrected chi connectivity index (χ4v) is 3.40. The van der Waals surface area contributed by atoms with Crippen LogP contribution in [0.4, 0.5) is 0 Å². The lowest BCUT2D eigenvalue weighted by molar-refractivity contribution is -0.146. The quantitative estimate of drug-likeness (QED) is 0.744. The molecule has 0 aromatic rings. The van der Waals surface area contributed by atoms with Gasteiger partial charge >= 0.3 is 5.97 Å². The van der Waals surface area contributed by atoms with Crippen molar-refractivity contribution in [2.75, 3.05) is 0 Å². The first-order chi connectivity index (χ1) is 8.12. The molecule has 2 aliphatic rings. The number of carboxylic acids is 1. The van der Waals surface area contributed by atoms with Gasteiger partial charge in [0.25, 0.3) is 0 Å². The van der Waals surface area contributed by atoms with Crippen molar-refractivity contribution in [1.82, 2.24) is 5.32 Å². The van der Waals surface area contributed by atoms with Gasteiger partial charge in [-0.25, -0.2) is 0 Å². The Balaban J connectivity index is 2.04. The van der Waals surface area contributed by atoms with Crippen molar-refractivity contribution in [3.8, 4) is 0 Å². The van der Waals surface area contributed by atoms with Crippen molar-refractivity contribution < 1.29 is 9.90 Å². The standard InChI is InChI=1S/C14H25NO2/c1-11-5-4-9-14(10-8-11,13(16)17)15-12-6-2-3-7-12/h11-12,15H,2-10H2,1H3,(H,16,17). The molecular formula is C14H25NO2. The molecule has 0 saturated heterocycles. The summed E-state index contributed by atoms with van der Waals surface area (Å²) < 4.78 is 0. The highest BCUT2D eigenvalue weighted by Gasteiger charge is 2.41. The van der Waals surface area contributed by atoms with Crippen LogP contribution in [-0.4, -0.2) is 22.7 Å². The fraction of sp³-hybridized carbons (Fsp3) is 0.929. The van der Waals surface area contributed by atoms with E-state index < -0.39 is 11.5 Å².